The number of benzene rings is 1. The number of hydrogen-bond donors (Lipinski definition) is 3. The molecular weight excluding hydrogens is 355 g/mol. The molecule has 1 aromatic heterocycles. The molecule has 2 heterocycles. The van der Waals surface area contributed by atoms with Gasteiger partial charge in [0.15, 0.2) is 5.69 Å². The fourth-order valence-corrected chi connectivity index (χ4v) is 2.88. The van der Waals surface area contributed by atoms with Gasteiger partial charge in [-0.15, -0.1) is 5.10 Å². The molecule has 3 rings (SSSR count). The highest BCUT2D eigenvalue weighted by Gasteiger charge is 2.49. The van der Waals surface area contributed by atoms with E-state index in [4.69, 9.17) is 0 Å². The van der Waals surface area contributed by atoms with E-state index in [1.54, 1.807) is 0 Å². The summed E-state index contributed by atoms with van der Waals surface area (Å²) in [6, 6.07) is 4.89. The van der Waals surface area contributed by atoms with Gasteiger partial charge in [0, 0.05) is 0 Å². The van der Waals surface area contributed by atoms with Gasteiger partial charge < -0.3 is 10.6 Å². The summed E-state index contributed by atoms with van der Waals surface area (Å²) in [6.07, 6.45) is 1.90. The van der Waals surface area contributed by atoms with Crippen LogP contribution in [-0.4, -0.2) is 44.9 Å². The van der Waals surface area contributed by atoms with Crippen LogP contribution in [0.2, 0.25) is 0 Å². The highest BCUT2D eigenvalue weighted by atomic mass is 19.1. The number of hydrogen-bond acceptors (Lipinski definition) is 5. The van der Waals surface area contributed by atoms with E-state index in [-0.39, 0.29) is 18.2 Å². The molecule has 3 N–H and O–H groups in total. The minimum Gasteiger partial charge on any atom is -0.348 e. The van der Waals surface area contributed by atoms with Crippen LogP contribution < -0.4 is 16.0 Å². The molecule has 0 aliphatic carbocycles. The number of urea groups is 1. The third-order valence-corrected chi connectivity index (χ3v) is 4.73. The average Bonchev–Trinajstić information content (AvgIpc) is 3.25. The predicted octanol–water partition coefficient (Wildman–Crippen LogP) is 0.760. The molecule has 2 unspecified atom stereocenters. The van der Waals surface area contributed by atoms with Gasteiger partial charge in [0.05, 0.1) is 18.4 Å². The predicted molar refractivity (Wildman–Crippen MR) is 92.5 cm³/mol. The fourth-order valence-electron chi connectivity index (χ4n) is 2.88. The summed E-state index contributed by atoms with van der Waals surface area (Å²) in [5, 5.41) is 15.5. The minimum atomic E-state index is -1.21. The second-order valence-electron chi connectivity index (χ2n) is 6.37. The molecular formula is C17H19FN6O3. The molecule has 0 spiro atoms. The number of aromatic nitrogens is 3. The average molecular weight is 374 g/mol. The largest absolute Gasteiger partial charge is 0.348 e. The zero-order valence-electron chi connectivity index (χ0n) is 14.8. The van der Waals surface area contributed by atoms with Gasteiger partial charge in [-0.2, -0.15) is 9.90 Å². The molecule has 1 saturated heterocycles. The molecule has 2 aromatic rings. The molecule has 9 nitrogen and oxygen atoms in total. The maximum absolute atomic E-state index is 13.0. The van der Waals surface area contributed by atoms with Crippen molar-refractivity contribution >= 4 is 17.8 Å². The van der Waals surface area contributed by atoms with Crippen molar-refractivity contribution in [2.75, 3.05) is 6.54 Å². The van der Waals surface area contributed by atoms with Gasteiger partial charge in [-0.1, -0.05) is 20.3 Å². The Morgan fingerprint density at radius 2 is 2.04 bits per heavy atom. The number of halogens is 1. The Balaban J connectivity index is 1.73. The molecule has 2 atom stereocenters. The van der Waals surface area contributed by atoms with Crippen LogP contribution in [0.15, 0.2) is 30.5 Å². The first kappa shape index (κ1) is 18.5. The molecule has 1 aliphatic rings. The second kappa shape index (κ2) is 7.14. The summed E-state index contributed by atoms with van der Waals surface area (Å²) in [4.78, 5) is 37.5. The van der Waals surface area contributed by atoms with E-state index in [2.05, 4.69) is 26.1 Å². The van der Waals surface area contributed by atoms with E-state index >= 15 is 0 Å². The van der Waals surface area contributed by atoms with E-state index in [0.717, 1.165) is 0 Å². The van der Waals surface area contributed by atoms with Gasteiger partial charge >= 0.3 is 6.03 Å². The Kier molecular flexibility index (Phi) is 4.89. The lowest BCUT2D eigenvalue weighted by atomic mass is 9.83. The van der Waals surface area contributed by atoms with Crippen LogP contribution in [0.4, 0.5) is 9.18 Å². The summed E-state index contributed by atoms with van der Waals surface area (Å²) in [5.74, 6) is -1.60. The summed E-state index contributed by atoms with van der Waals surface area (Å²) in [5.41, 5.74) is -0.689. The fraction of sp³-hybridized carbons (Fsp3) is 0.353. The van der Waals surface area contributed by atoms with E-state index in [1.807, 2.05) is 13.8 Å². The van der Waals surface area contributed by atoms with Crippen molar-refractivity contribution in [3.63, 3.8) is 0 Å². The minimum absolute atomic E-state index is 0.0309. The number of nitrogens with zero attached hydrogens (tertiary/aromatic N) is 3. The number of carbonyl (C=O) groups excluding carboxylic acids is 3. The SMILES string of the molecule is CCC(C)C1(CNC(=O)c2cnn(-c3ccc(F)cc3)n2)NC(=O)NC1=O. The van der Waals surface area contributed by atoms with Crippen molar-refractivity contribution in [3.8, 4) is 5.69 Å². The Morgan fingerprint density at radius 3 is 2.63 bits per heavy atom. The Morgan fingerprint density at radius 1 is 1.33 bits per heavy atom. The maximum atomic E-state index is 13.0. The van der Waals surface area contributed by atoms with E-state index < -0.39 is 29.2 Å². The van der Waals surface area contributed by atoms with E-state index in [1.165, 1.54) is 35.3 Å². The van der Waals surface area contributed by atoms with Crippen molar-refractivity contribution in [2.24, 2.45) is 5.92 Å². The highest BCUT2D eigenvalue weighted by Crippen LogP contribution is 2.23. The van der Waals surface area contributed by atoms with Crippen molar-refractivity contribution in [1.29, 1.82) is 0 Å². The van der Waals surface area contributed by atoms with Crippen molar-refractivity contribution in [1.82, 2.24) is 30.9 Å². The van der Waals surface area contributed by atoms with Crippen LogP contribution in [0.3, 0.4) is 0 Å². The lowest BCUT2D eigenvalue weighted by Gasteiger charge is -2.31. The molecule has 1 aromatic carbocycles. The third kappa shape index (κ3) is 3.50. The number of nitrogens with one attached hydrogen (secondary N) is 3. The first-order chi connectivity index (χ1) is 12.9. The monoisotopic (exact) mass is 374 g/mol. The lowest BCUT2D eigenvalue weighted by Crippen LogP contribution is -2.59. The van der Waals surface area contributed by atoms with Crippen LogP contribution in [0.5, 0.6) is 0 Å². The van der Waals surface area contributed by atoms with Crippen molar-refractivity contribution in [2.45, 2.75) is 25.8 Å². The van der Waals surface area contributed by atoms with Crippen LogP contribution in [0, 0.1) is 11.7 Å². The van der Waals surface area contributed by atoms with E-state index in [0.29, 0.717) is 12.1 Å². The summed E-state index contributed by atoms with van der Waals surface area (Å²) in [6.45, 7) is 3.63. The van der Waals surface area contributed by atoms with Gasteiger partial charge in [0.1, 0.15) is 11.4 Å². The highest BCUT2D eigenvalue weighted by molar-refractivity contribution is 6.07. The second-order valence-corrected chi connectivity index (χ2v) is 6.37. The lowest BCUT2D eigenvalue weighted by molar-refractivity contribution is -0.125. The molecule has 1 aliphatic heterocycles. The summed E-state index contributed by atoms with van der Waals surface area (Å²) >= 11 is 0. The number of carbonyl (C=O) groups is 3. The zero-order valence-corrected chi connectivity index (χ0v) is 14.8. The van der Waals surface area contributed by atoms with Gasteiger partial charge in [-0.05, 0) is 30.2 Å². The Hall–Kier alpha value is -3.30. The van der Waals surface area contributed by atoms with Gasteiger partial charge in [-0.25, -0.2) is 9.18 Å². The van der Waals surface area contributed by atoms with Crippen LogP contribution in [0.25, 0.3) is 5.69 Å². The molecule has 142 valence electrons. The van der Waals surface area contributed by atoms with Crippen molar-refractivity contribution < 1.29 is 18.8 Å². The molecule has 1 fully saturated rings. The third-order valence-electron chi connectivity index (χ3n) is 4.73. The first-order valence-corrected chi connectivity index (χ1v) is 8.46. The molecule has 0 radical (unpaired) electrons. The Bertz CT molecular complexity index is 881. The van der Waals surface area contributed by atoms with Crippen LogP contribution in [-0.2, 0) is 4.79 Å². The van der Waals surface area contributed by atoms with Crippen LogP contribution >= 0.6 is 0 Å². The zero-order chi connectivity index (χ0) is 19.6. The first-order valence-electron chi connectivity index (χ1n) is 8.46. The molecule has 0 bridgehead atoms. The molecule has 4 amide bonds. The smallest absolute Gasteiger partial charge is 0.322 e. The Labute approximate surface area is 154 Å². The van der Waals surface area contributed by atoms with Crippen molar-refractivity contribution in [3.05, 3.63) is 42.0 Å². The number of amides is 4. The van der Waals surface area contributed by atoms with Gasteiger partial charge in [0.25, 0.3) is 11.8 Å². The number of imide groups is 1. The van der Waals surface area contributed by atoms with Crippen LogP contribution in [0.1, 0.15) is 30.8 Å². The quantitative estimate of drug-likeness (QED) is 0.645. The van der Waals surface area contributed by atoms with E-state index in [9.17, 15) is 18.8 Å². The summed E-state index contributed by atoms with van der Waals surface area (Å²) in [7, 11) is 0. The summed E-state index contributed by atoms with van der Waals surface area (Å²) < 4.78 is 13.0. The normalized spacial score (nSPS) is 20.1. The maximum Gasteiger partial charge on any atom is 0.322 e. The van der Waals surface area contributed by atoms with Gasteiger partial charge in [0.2, 0.25) is 0 Å². The topological polar surface area (TPSA) is 118 Å². The molecule has 0 saturated carbocycles. The molecule has 27 heavy (non-hydrogen) atoms. The number of rotatable bonds is 6. The molecule has 10 heteroatoms. The standard InChI is InChI=1S/C17H19FN6O3/c1-3-10(2)17(15(26)21-16(27)22-17)9-19-14(25)13-8-20-24(23-13)12-6-4-11(18)5-7-12/h4-8,10H,3,9H2,1-2H3,(H,19,25)(H2,21,22,26,27). The van der Waals surface area contributed by atoms with Gasteiger partial charge in [-0.3, -0.25) is 14.9 Å².